The third-order valence-corrected chi connectivity index (χ3v) is 5.05. The lowest BCUT2D eigenvalue weighted by atomic mass is 10.2. The molecule has 0 aliphatic heterocycles. The molecule has 0 spiro atoms. The maximum atomic E-state index is 13.3. The maximum Gasteiger partial charge on any atom is 0.180 e. The van der Waals surface area contributed by atoms with Crippen molar-refractivity contribution in [2.75, 3.05) is 11.9 Å². The lowest BCUT2D eigenvalue weighted by molar-refractivity contribution is 0.269. The highest BCUT2D eigenvalue weighted by molar-refractivity contribution is 6.32. The average Bonchev–Trinajstić information content (AvgIpc) is 2.70. The zero-order valence-electron chi connectivity index (χ0n) is 15.6. The van der Waals surface area contributed by atoms with Crippen LogP contribution in [0.2, 0.25) is 15.1 Å². The van der Waals surface area contributed by atoms with Gasteiger partial charge in [-0.2, -0.15) is 0 Å². The van der Waals surface area contributed by atoms with Crippen LogP contribution in [0.25, 0.3) is 0 Å². The fourth-order valence-electron chi connectivity index (χ4n) is 2.70. The Bertz CT molecular complexity index is 998. The average molecular weight is 455 g/mol. The van der Waals surface area contributed by atoms with Gasteiger partial charge in [0.2, 0.25) is 0 Å². The van der Waals surface area contributed by atoms with E-state index in [1.54, 1.807) is 12.1 Å². The van der Waals surface area contributed by atoms with Crippen molar-refractivity contribution in [1.82, 2.24) is 0 Å². The van der Waals surface area contributed by atoms with E-state index >= 15 is 0 Å². The monoisotopic (exact) mass is 453 g/mol. The van der Waals surface area contributed by atoms with Crippen LogP contribution in [-0.4, -0.2) is 6.61 Å². The quantitative estimate of drug-likeness (QED) is 0.385. The van der Waals surface area contributed by atoms with E-state index in [-0.39, 0.29) is 11.6 Å². The molecule has 0 unspecified atom stereocenters. The molecule has 0 radical (unpaired) electrons. The summed E-state index contributed by atoms with van der Waals surface area (Å²) in [5.41, 5.74) is 2.43. The topological polar surface area (TPSA) is 30.5 Å². The first-order valence-corrected chi connectivity index (χ1v) is 10.1. The molecular formula is C22H19Cl3FNO2. The number of benzene rings is 3. The smallest absolute Gasteiger partial charge is 0.180 e. The van der Waals surface area contributed by atoms with Crippen LogP contribution in [0, 0.1) is 5.82 Å². The van der Waals surface area contributed by atoms with Crippen molar-refractivity contribution in [1.29, 1.82) is 0 Å². The number of anilines is 1. The van der Waals surface area contributed by atoms with E-state index in [1.807, 2.05) is 37.3 Å². The summed E-state index contributed by atoms with van der Waals surface area (Å²) in [5, 5.41) is 4.30. The second-order valence-corrected chi connectivity index (χ2v) is 7.42. The lowest BCUT2D eigenvalue weighted by Crippen LogP contribution is -2.04. The van der Waals surface area contributed by atoms with Gasteiger partial charge in [0.25, 0.3) is 0 Å². The highest BCUT2D eigenvalue weighted by atomic mass is 35.5. The van der Waals surface area contributed by atoms with Crippen molar-refractivity contribution < 1.29 is 13.9 Å². The summed E-state index contributed by atoms with van der Waals surface area (Å²) in [6.45, 7) is 3.07. The molecule has 1 N–H and O–H groups in total. The Morgan fingerprint density at radius 3 is 2.41 bits per heavy atom. The number of hydrogen-bond donors (Lipinski definition) is 1. The summed E-state index contributed by atoms with van der Waals surface area (Å²) in [6.07, 6.45) is 0. The molecule has 152 valence electrons. The fourth-order valence-corrected chi connectivity index (χ4v) is 3.36. The van der Waals surface area contributed by atoms with Crippen LogP contribution in [0.3, 0.4) is 0 Å². The molecule has 0 bridgehead atoms. The lowest BCUT2D eigenvalue weighted by Gasteiger charge is -2.16. The van der Waals surface area contributed by atoms with Gasteiger partial charge in [0, 0.05) is 22.8 Å². The van der Waals surface area contributed by atoms with Crippen molar-refractivity contribution in [3.8, 4) is 11.5 Å². The molecule has 0 fully saturated rings. The second-order valence-electron chi connectivity index (χ2n) is 6.20. The molecule has 29 heavy (non-hydrogen) atoms. The normalized spacial score (nSPS) is 10.7. The zero-order chi connectivity index (χ0) is 20.8. The Kier molecular flexibility index (Phi) is 7.48. The molecule has 0 amide bonds. The Labute approximate surface area is 184 Å². The molecule has 0 atom stereocenters. The van der Waals surface area contributed by atoms with Gasteiger partial charge in [-0.25, -0.2) is 4.39 Å². The molecule has 3 aromatic rings. The molecule has 3 aromatic carbocycles. The minimum absolute atomic E-state index is 0.0614. The first kappa shape index (κ1) is 21.6. The van der Waals surface area contributed by atoms with Gasteiger partial charge in [-0.1, -0.05) is 53.0 Å². The number of rotatable bonds is 8. The predicted molar refractivity (Wildman–Crippen MR) is 117 cm³/mol. The zero-order valence-corrected chi connectivity index (χ0v) is 17.9. The van der Waals surface area contributed by atoms with E-state index in [0.29, 0.717) is 40.4 Å². The van der Waals surface area contributed by atoms with Gasteiger partial charge in [-0.3, -0.25) is 0 Å². The molecule has 0 aromatic heterocycles. The van der Waals surface area contributed by atoms with Crippen LogP contribution in [0.4, 0.5) is 10.1 Å². The van der Waals surface area contributed by atoms with Crippen LogP contribution in [0.1, 0.15) is 18.1 Å². The van der Waals surface area contributed by atoms with Crippen molar-refractivity contribution >= 4 is 40.5 Å². The second kappa shape index (κ2) is 10.1. The first-order chi connectivity index (χ1) is 14.0. The summed E-state index contributed by atoms with van der Waals surface area (Å²) >= 11 is 18.5. The predicted octanol–water partition coefficient (Wildman–Crippen LogP) is 7.38. The van der Waals surface area contributed by atoms with E-state index in [4.69, 9.17) is 44.3 Å². The summed E-state index contributed by atoms with van der Waals surface area (Å²) in [4.78, 5) is 0. The Hall–Kier alpha value is -2.14. The van der Waals surface area contributed by atoms with Crippen LogP contribution in [0.5, 0.6) is 11.5 Å². The Balaban J connectivity index is 1.76. The van der Waals surface area contributed by atoms with Gasteiger partial charge in [0.15, 0.2) is 11.5 Å². The van der Waals surface area contributed by atoms with Crippen molar-refractivity contribution in [3.63, 3.8) is 0 Å². The van der Waals surface area contributed by atoms with E-state index in [1.165, 1.54) is 12.1 Å². The van der Waals surface area contributed by atoms with Gasteiger partial charge in [-0.05, 0) is 48.9 Å². The summed E-state index contributed by atoms with van der Waals surface area (Å²) < 4.78 is 24.9. The van der Waals surface area contributed by atoms with Crippen LogP contribution < -0.4 is 14.8 Å². The SMILES string of the molecule is CCOc1cc(CNc2ccc(F)c(Cl)c2)cc(Cl)c1OCc1ccccc1Cl. The van der Waals surface area contributed by atoms with E-state index in [2.05, 4.69) is 5.32 Å². The molecule has 3 nitrogen and oxygen atoms in total. The molecule has 0 saturated carbocycles. The highest BCUT2D eigenvalue weighted by Crippen LogP contribution is 2.38. The van der Waals surface area contributed by atoms with Crippen LogP contribution in [0.15, 0.2) is 54.6 Å². The molecular weight excluding hydrogens is 436 g/mol. The van der Waals surface area contributed by atoms with E-state index in [9.17, 15) is 4.39 Å². The van der Waals surface area contributed by atoms with Gasteiger partial charge >= 0.3 is 0 Å². The van der Waals surface area contributed by atoms with Gasteiger partial charge in [-0.15, -0.1) is 0 Å². The molecule has 0 saturated heterocycles. The van der Waals surface area contributed by atoms with E-state index < -0.39 is 5.82 Å². The minimum Gasteiger partial charge on any atom is -0.490 e. The summed E-state index contributed by atoms with van der Waals surface area (Å²) in [7, 11) is 0. The van der Waals surface area contributed by atoms with E-state index in [0.717, 1.165) is 11.1 Å². The number of halogens is 4. The standard InChI is InChI=1S/C22H19Cl3FNO2/c1-2-28-21-10-14(12-27-16-7-8-20(26)18(24)11-16)9-19(25)22(21)29-13-15-5-3-4-6-17(15)23/h3-11,27H,2,12-13H2,1H3. The Morgan fingerprint density at radius 2 is 1.69 bits per heavy atom. The third-order valence-electron chi connectivity index (χ3n) is 4.12. The van der Waals surface area contributed by atoms with Crippen molar-refractivity contribution in [2.24, 2.45) is 0 Å². The minimum atomic E-state index is -0.459. The number of ether oxygens (including phenoxy) is 2. The van der Waals surface area contributed by atoms with Crippen LogP contribution >= 0.6 is 34.8 Å². The maximum absolute atomic E-state index is 13.3. The molecule has 7 heteroatoms. The highest BCUT2D eigenvalue weighted by Gasteiger charge is 2.14. The fraction of sp³-hybridized carbons (Fsp3) is 0.182. The molecule has 0 aliphatic carbocycles. The summed E-state index contributed by atoms with van der Waals surface area (Å²) in [5.74, 6) is 0.543. The van der Waals surface area contributed by atoms with Gasteiger partial charge in [0.1, 0.15) is 12.4 Å². The first-order valence-electron chi connectivity index (χ1n) is 8.98. The molecule has 0 heterocycles. The number of nitrogens with one attached hydrogen (secondary N) is 1. The van der Waals surface area contributed by atoms with Crippen LogP contribution in [-0.2, 0) is 13.2 Å². The van der Waals surface area contributed by atoms with Gasteiger partial charge < -0.3 is 14.8 Å². The Morgan fingerprint density at radius 1 is 0.897 bits per heavy atom. The van der Waals surface area contributed by atoms with Crippen molar-refractivity contribution in [3.05, 3.63) is 86.6 Å². The van der Waals surface area contributed by atoms with Gasteiger partial charge in [0.05, 0.1) is 16.7 Å². The molecule has 0 aliphatic rings. The third kappa shape index (κ3) is 5.69. The van der Waals surface area contributed by atoms with Crippen molar-refractivity contribution in [2.45, 2.75) is 20.1 Å². The summed E-state index contributed by atoms with van der Waals surface area (Å²) in [6, 6.07) is 15.6. The molecule has 3 rings (SSSR count). The number of hydrogen-bond acceptors (Lipinski definition) is 3. The largest absolute Gasteiger partial charge is 0.490 e.